The molecule has 0 saturated carbocycles. The summed E-state index contributed by atoms with van der Waals surface area (Å²) >= 11 is 12.7. The average molecular weight is 513 g/mol. The van der Waals surface area contributed by atoms with E-state index in [-0.39, 0.29) is 0 Å². The molecule has 5 nitrogen and oxygen atoms in total. The number of benzene rings is 1. The van der Waals surface area contributed by atoms with E-state index >= 15 is 0 Å². The number of hydrogen-bond acceptors (Lipinski definition) is 5. The van der Waals surface area contributed by atoms with Crippen LogP contribution in [0.5, 0.6) is 0 Å². The Bertz CT molecular complexity index is 1130. The Morgan fingerprint density at radius 2 is 2.00 bits per heavy atom. The maximum Gasteiger partial charge on any atom is 0.129 e. The van der Waals surface area contributed by atoms with Crippen LogP contribution in [0.3, 0.4) is 0 Å². The lowest BCUT2D eigenvalue weighted by atomic mass is 9.92. The molecule has 2 aromatic rings. The molecule has 0 bridgehead atoms. The summed E-state index contributed by atoms with van der Waals surface area (Å²) in [5.74, 6) is 1.84. The van der Waals surface area contributed by atoms with Gasteiger partial charge in [-0.2, -0.15) is 0 Å². The van der Waals surface area contributed by atoms with Crippen LogP contribution in [0.25, 0.3) is 5.57 Å². The summed E-state index contributed by atoms with van der Waals surface area (Å²) in [6.07, 6.45) is 4.60. The fraction of sp³-hybridized carbons (Fsp3) is 0.536. The van der Waals surface area contributed by atoms with Gasteiger partial charge in [-0.3, -0.25) is 4.90 Å². The van der Waals surface area contributed by atoms with Crippen molar-refractivity contribution in [1.29, 1.82) is 0 Å². The van der Waals surface area contributed by atoms with Gasteiger partial charge < -0.3 is 15.5 Å². The van der Waals surface area contributed by atoms with Crippen molar-refractivity contribution < 1.29 is 0 Å². The van der Waals surface area contributed by atoms with Crippen molar-refractivity contribution in [3.63, 3.8) is 0 Å². The molecule has 0 spiro atoms. The van der Waals surface area contributed by atoms with Gasteiger partial charge in [0.05, 0.1) is 10.7 Å². The Morgan fingerprint density at radius 1 is 1.11 bits per heavy atom. The van der Waals surface area contributed by atoms with Gasteiger partial charge in [-0.15, -0.1) is 0 Å². The molecule has 1 aromatic heterocycles. The topological polar surface area (TPSA) is 43.4 Å². The molecule has 2 atom stereocenters. The van der Waals surface area contributed by atoms with Crippen molar-refractivity contribution in [1.82, 2.24) is 20.5 Å². The molecule has 2 N–H and O–H groups in total. The third-order valence-electron chi connectivity index (χ3n) is 8.42. The SMILES string of the molecule is Cc1nc(N2CCCC2CN2CCC3=C(Cc4ccc(Cl)cc43)C2CNCC2CNC2)ccc1Cl. The Labute approximate surface area is 218 Å². The maximum absolute atomic E-state index is 6.40. The number of nitrogens with zero attached hydrogens (tertiary/aromatic N) is 3. The zero-order chi connectivity index (χ0) is 23.9. The van der Waals surface area contributed by atoms with Crippen molar-refractivity contribution >= 4 is 34.6 Å². The number of nitrogens with one attached hydrogen (secondary N) is 2. The summed E-state index contributed by atoms with van der Waals surface area (Å²) in [5, 5.41) is 8.82. The second kappa shape index (κ2) is 10.0. The first-order valence-corrected chi connectivity index (χ1v) is 13.9. The molecule has 186 valence electrons. The van der Waals surface area contributed by atoms with E-state index in [1.165, 1.54) is 24.0 Å². The molecular weight excluding hydrogens is 477 g/mol. The summed E-state index contributed by atoms with van der Waals surface area (Å²) in [7, 11) is 0. The fourth-order valence-electron chi connectivity index (χ4n) is 6.39. The number of pyridine rings is 1. The zero-order valence-corrected chi connectivity index (χ0v) is 22.0. The first-order valence-electron chi connectivity index (χ1n) is 13.1. The van der Waals surface area contributed by atoms with Gasteiger partial charge in [-0.1, -0.05) is 29.3 Å². The lowest BCUT2D eigenvalue weighted by Gasteiger charge is -2.41. The van der Waals surface area contributed by atoms with E-state index in [1.807, 2.05) is 19.1 Å². The van der Waals surface area contributed by atoms with Crippen molar-refractivity contribution in [3.8, 4) is 0 Å². The quantitative estimate of drug-likeness (QED) is 0.570. The van der Waals surface area contributed by atoms with Crippen molar-refractivity contribution in [2.45, 2.75) is 44.7 Å². The molecule has 2 unspecified atom stereocenters. The highest BCUT2D eigenvalue weighted by Crippen LogP contribution is 2.42. The lowest BCUT2D eigenvalue weighted by molar-refractivity contribution is 0.194. The normalized spacial score (nSPS) is 24.6. The van der Waals surface area contributed by atoms with Gasteiger partial charge in [0.2, 0.25) is 0 Å². The van der Waals surface area contributed by atoms with Crippen molar-refractivity contribution in [3.05, 3.63) is 62.8 Å². The third kappa shape index (κ3) is 4.74. The predicted molar refractivity (Wildman–Crippen MR) is 146 cm³/mol. The van der Waals surface area contributed by atoms with Gasteiger partial charge >= 0.3 is 0 Å². The van der Waals surface area contributed by atoms with Crippen LogP contribution < -0.4 is 15.5 Å². The second-order valence-electron chi connectivity index (χ2n) is 10.7. The van der Waals surface area contributed by atoms with Crippen molar-refractivity contribution in [2.24, 2.45) is 5.92 Å². The zero-order valence-electron chi connectivity index (χ0n) is 20.5. The number of halogens is 2. The van der Waals surface area contributed by atoms with E-state index in [9.17, 15) is 0 Å². The lowest BCUT2D eigenvalue weighted by Crippen LogP contribution is -2.53. The van der Waals surface area contributed by atoms with Gasteiger partial charge in [0.25, 0.3) is 0 Å². The highest BCUT2D eigenvalue weighted by molar-refractivity contribution is 6.31. The van der Waals surface area contributed by atoms with Crippen LogP contribution in [-0.4, -0.2) is 67.8 Å². The number of aryl methyl sites for hydroxylation is 1. The molecule has 7 heteroatoms. The smallest absolute Gasteiger partial charge is 0.129 e. The largest absolute Gasteiger partial charge is 0.352 e. The Balaban J connectivity index is 1.23. The molecule has 3 aliphatic heterocycles. The van der Waals surface area contributed by atoms with E-state index < -0.39 is 0 Å². The molecule has 6 rings (SSSR count). The van der Waals surface area contributed by atoms with Crippen LogP contribution in [-0.2, 0) is 6.42 Å². The Morgan fingerprint density at radius 3 is 2.80 bits per heavy atom. The standard InChI is InChI=1S/C28H35Cl2N5/c1-18-26(30)6-7-28(33-18)35-9-2-3-22(35)17-34-10-8-23-24-12-21(29)5-4-20(24)11-25(23)27(34)16-32-15-19-13-31-14-19/h4-7,12,19,22,27,31-32H,2-3,8-11,13-17H2,1H3. The third-order valence-corrected chi connectivity index (χ3v) is 9.05. The van der Waals surface area contributed by atoms with E-state index in [0.29, 0.717) is 12.1 Å². The molecule has 0 amide bonds. The van der Waals surface area contributed by atoms with Crippen molar-refractivity contribution in [2.75, 3.05) is 50.7 Å². The average Bonchev–Trinajstić information content (AvgIpc) is 3.42. The summed E-state index contributed by atoms with van der Waals surface area (Å²) in [6, 6.07) is 11.5. The summed E-state index contributed by atoms with van der Waals surface area (Å²) in [4.78, 5) is 10.1. The van der Waals surface area contributed by atoms with Gasteiger partial charge in [0.1, 0.15) is 5.82 Å². The molecular formula is C28H35Cl2N5. The van der Waals surface area contributed by atoms with E-state index in [4.69, 9.17) is 28.2 Å². The minimum Gasteiger partial charge on any atom is -0.352 e. The predicted octanol–water partition coefficient (Wildman–Crippen LogP) is 4.56. The van der Waals surface area contributed by atoms with Gasteiger partial charge in [0.15, 0.2) is 0 Å². The van der Waals surface area contributed by atoms with Crippen LogP contribution in [0.4, 0.5) is 5.82 Å². The highest BCUT2D eigenvalue weighted by Gasteiger charge is 2.37. The van der Waals surface area contributed by atoms with Crippen LogP contribution >= 0.6 is 23.2 Å². The number of aromatic nitrogens is 1. The molecule has 4 heterocycles. The van der Waals surface area contributed by atoms with E-state index in [2.05, 4.69) is 38.6 Å². The number of hydrogen-bond donors (Lipinski definition) is 2. The second-order valence-corrected chi connectivity index (χ2v) is 11.5. The molecule has 35 heavy (non-hydrogen) atoms. The summed E-state index contributed by atoms with van der Waals surface area (Å²) in [6.45, 7) is 9.65. The Hall–Kier alpha value is -1.63. The maximum atomic E-state index is 6.40. The summed E-state index contributed by atoms with van der Waals surface area (Å²) in [5.41, 5.74) is 6.91. The van der Waals surface area contributed by atoms with Gasteiger partial charge in [-0.25, -0.2) is 4.98 Å². The molecule has 1 aliphatic carbocycles. The Kier molecular flexibility index (Phi) is 6.80. The highest BCUT2D eigenvalue weighted by atomic mass is 35.5. The van der Waals surface area contributed by atoms with E-state index in [1.54, 1.807) is 11.1 Å². The van der Waals surface area contributed by atoms with Crippen LogP contribution in [0.15, 0.2) is 35.9 Å². The first kappa shape index (κ1) is 23.7. The molecule has 1 aromatic carbocycles. The molecule has 2 saturated heterocycles. The minimum atomic E-state index is 0.431. The number of anilines is 1. The van der Waals surface area contributed by atoms with Crippen LogP contribution in [0.1, 0.15) is 36.1 Å². The van der Waals surface area contributed by atoms with E-state index in [0.717, 1.165) is 86.1 Å². The van der Waals surface area contributed by atoms with Gasteiger partial charge in [0, 0.05) is 62.9 Å². The van der Waals surface area contributed by atoms with Crippen LogP contribution in [0.2, 0.25) is 10.0 Å². The number of rotatable bonds is 7. The van der Waals surface area contributed by atoms with Gasteiger partial charge in [-0.05, 0) is 85.1 Å². The monoisotopic (exact) mass is 511 g/mol. The molecule has 4 aliphatic rings. The fourth-order valence-corrected chi connectivity index (χ4v) is 6.67. The molecule has 0 radical (unpaired) electrons. The number of fused-ring (bicyclic) bond motifs is 2. The molecule has 2 fully saturated rings. The minimum absolute atomic E-state index is 0.431. The van der Waals surface area contributed by atoms with Crippen LogP contribution in [0, 0.1) is 12.8 Å². The first-order chi connectivity index (χ1) is 17.1. The summed E-state index contributed by atoms with van der Waals surface area (Å²) < 4.78 is 0.